The molecule has 0 saturated heterocycles. The van der Waals surface area contributed by atoms with Crippen LogP contribution in [0.15, 0.2) is 59.7 Å². The minimum absolute atomic E-state index is 0.153. The fourth-order valence-electron chi connectivity index (χ4n) is 3.58. The second-order valence-corrected chi connectivity index (χ2v) is 7.54. The lowest BCUT2D eigenvalue weighted by atomic mass is 10.1. The molecule has 2 aromatic heterocycles. The quantitative estimate of drug-likeness (QED) is 0.541. The summed E-state index contributed by atoms with van der Waals surface area (Å²) in [5.74, 6) is 1.000. The van der Waals surface area contributed by atoms with Crippen molar-refractivity contribution in [2.75, 3.05) is 27.1 Å². The maximum absolute atomic E-state index is 13.4. The zero-order valence-corrected chi connectivity index (χ0v) is 18.1. The molecule has 1 amide bonds. The molecule has 4 rings (SSSR count). The number of hydrogen-bond acceptors (Lipinski definition) is 6. The van der Waals surface area contributed by atoms with Crippen LogP contribution in [0.1, 0.15) is 27.2 Å². The molecule has 1 aromatic carbocycles. The number of hydrogen-bond donors (Lipinski definition) is 0. The Morgan fingerprint density at radius 2 is 2.03 bits per heavy atom. The lowest BCUT2D eigenvalue weighted by Gasteiger charge is -2.23. The summed E-state index contributed by atoms with van der Waals surface area (Å²) in [4.78, 5) is 32.7. The second-order valence-electron chi connectivity index (χ2n) is 7.54. The van der Waals surface area contributed by atoms with Gasteiger partial charge in [-0.25, -0.2) is 0 Å². The number of nitrogens with zero attached hydrogens (tertiary/aromatic N) is 3. The van der Waals surface area contributed by atoms with Gasteiger partial charge in [0.15, 0.2) is 11.5 Å². The molecule has 1 aliphatic heterocycles. The Balaban J connectivity index is 1.62. The van der Waals surface area contributed by atoms with Gasteiger partial charge in [-0.2, -0.15) is 0 Å². The van der Waals surface area contributed by atoms with Gasteiger partial charge in [0.05, 0.1) is 25.4 Å². The first-order chi connectivity index (χ1) is 15.6. The molecule has 8 heteroatoms. The number of ether oxygens (including phenoxy) is 3. The average Bonchev–Trinajstić information content (AvgIpc) is 3.27. The molecular weight excluding hydrogens is 410 g/mol. The van der Waals surface area contributed by atoms with Crippen molar-refractivity contribution in [1.29, 1.82) is 0 Å². The predicted octanol–water partition coefficient (Wildman–Crippen LogP) is 2.62. The highest BCUT2D eigenvalue weighted by molar-refractivity contribution is 5.95. The maximum atomic E-state index is 13.4. The second kappa shape index (κ2) is 9.65. The van der Waals surface area contributed by atoms with E-state index in [0.717, 1.165) is 11.3 Å². The number of aromatic nitrogens is 2. The molecule has 0 atom stereocenters. The van der Waals surface area contributed by atoms with Gasteiger partial charge in [-0.05, 0) is 48.4 Å². The zero-order valence-electron chi connectivity index (χ0n) is 18.1. The van der Waals surface area contributed by atoms with Crippen LogP contribution in [-0.2, 0) is 17.8 Å². The lowest BCUT2D eigenvalue weighted by Crippen LogP contribution is -2.39. The number of amides is 1. The Bertz CT molecular complexity index is 1160. The van der Waals surface area contributed by atoms with Crippen molar-refractivity contribution in [2.45, 2.75) is 20.0 Å². The van der Waals surface area contributed by atoms with Crippen LogP contribution in [0.3, 0.4) is 0 Å². The van der Waals surface area contributed by atoms with Crippen LogP contribution in [-0.4, -0.2) is 47.4 Å². The smallest absolute Gasteiger partial charge is 0.263 e. The van der Waals surface area contributed by atoms with Crippen molar-refractivity contribution in [3.63, 3.8) is 0 Å². The van der Waals surface area contributed by atoms with Crippen molar-refractivity contribution >= 4 is 5.91 Å². The van der Waals surface area contributed by atoms with Crippen LogP contribution < -0.4 is 15.0 Å². The summed E-state index contributed by atoms with van der Waals surface area (Å²) >= 11 is 0. The fourth-order valence-corrected chi connectivity index (χ4v) is 3.58. The number of carbonyl (C=O) groups is 1. The summed E-state index contributed by atoms with van der Waals surface area (Å²) in [7, 11) is 1.58. The van der Waals surface area contributed by atoms with Crippen LogP contribution in [0.2, 0.25) is 0 Å². The van der Waals surface area contributed by atoms with E-state index in [2.05, 4.69) is 4.98 Å². The number of carbonyl (C=O) groups excluding carboxylic acids is 1. The van der Waals surface area contributed by atoms with E-state index in [9.17, 15) is 9.59 Å². The molecule has 1 aliphatic rings. The van der Waals surface area contributed by atoms with E-state index >= 15 is 0 Å². The van der Waals surface area contributed by atoms with Crippen LogP contribution in [0, 0.1) is 6.92 Å². The molecule has 0 aliphatic carbocycles. The highest BCUT2D eigenvalue weighted by Crippen LogP contribution is 2.32. The van der Waals surface area contributed by atoms with Gasteiger partial charge in [0, 0.05) is 26.0 Å². The molecular formula is C24H25N3O5. The molecule has 32 heavy (non-hydrogen) atoms. The van der Waals surface area contributed by atoms with Gasteiger partial charge in [0.25, 0.3) is 11.5 Å². The highest BCUT2D eigenvalue weighted by atomic mass is 16.7. The number of aryl methyl sites for hydroxylation is 1. The van der Waals surface area contributed by atoms with Crippen LogP contribution in [0.25, 0.3) is 0 Å². The predicted molar refractivity (Wildman–Crippen MR) is 118 cm³/mol. The van der Waals surface area contributed by atoms with E-state index in [1.54, 1.807) is 37.4 Å². The first-order valence-electron chi connectivity index (χ1n) is 10.3. The molecule has 0 fully saturated rings. The summed E-state index contributed by atoms with van der Waals surface area (Å²) in [6, 6.07) is 12.9. The minimum Gasteiger partial charge on any atom is -0.454 e. The van der Waals surface area contributed by atoms with E-state index in [1.807, 2.05) is 36.4 Å². The third kappa shape index (κ3) is 4.65. The maximum Gasteiger partial charge on any atom is 0.263 e. The molecule has 3 aromatic rings. The fraction of sp³-hybridized carbons (Fsp3) is 0.292. The van der Waals surface area contributed by atoms with Crippen molar-refractivity contribution in [3.8, 4) is 11.5 Å². The molecule has 8 nitrogen and oxygen atoms in total. The standard InChI is InChI=1S/C24H25N3O5/c1-17-8-10-26(14-18-6-7-20-21(13-18)32-16-31-20)23(28)22(17)24(29)27(11-12-30-2)15-19-5-3-4-9-25-19/h3-10,13H,11-12,14-16H2,1-2H3. The molecule has 0 saturated carbocycles. The normalized spacial score (nSPS) is 12.1. The number of benzene rings is 1. The topological polar surface area (TPSA) is 82.9 Å². The Kier molecular flexibility index (Phi) is 6.51. The third-order valence-electron chi connectivity index (χ3n) is 5.31. The van der Waals surface area contributed by atoms with E-state index in [1.165, 1.54) is 4.57 Å². The Hall–Kier alpha value is -3.65. The van der Waals surface area contributed by atoms with Gasteiger partial charge >= 0.3 is 0 Å². The van der Waals surface area contributed by atoms with E-state index in [-0.39, 0.29) is 23.8 Å². The Labute approximate surface area is 186 Å². The van der Waals surface area contributed by atoms with Crippen molar-refractivity contribution in [2.24, 2.45) is 0 Å². The summed E-state index contributed by atoms with van der Waals surface area (Å²) in [6.07, 6.45) is 3.39. The van der Waals surface area contributed by atoms with Gasteiger partial charge in [-0.3, -0.25) is 14.6 Å². The monoisotopic (exact) mass is 435 g/mol. The van der Waals surface area contributed by atoms with E-state index in [0.29, 0.717) is 43.3 Å². The molecule has 0 radical (unpaired) electrons. The molecule has 0 bridgehead atoms. The highest BCUT2D eigenvalue weighted by Gasteiger charge is 2.23. The number of rotatable bonds is 8. The lowest BCUT2D eigenvalue weighted by molar-refractivity contribution is 0.0674. The Morgan fingerprint density at radius 1 is 1.19 bits per heavy atom. The van der Waals surface area contributed by atoms with Crippen molar-refractivity contribution in [1.82, 2.24) is 14.5 Å². The Morgan fingerprint density at radius 3 is 2.81 bits per heavy atom. The van der Waals surface area contributed by atoms with Gasteiger partial charge in [-0.1, -0.05) is 12.1 Å². The van der Waals surface area contributed by atoms with Crippen LogP contribution in [0.4, 0.5) is 0 Å². The number of methoxy groups -OCH3 is 1. The number of fused-ring (bicyclic) bond motifs is 1. The van der Waals surface area contributed by atoms with Crippen LogP contribution in [0.5, 0.6) is 11.5 Å². The molecule has 3 heterocycles. The molecule has 0 N–H and O–H groups in total. The third-order valence-corrected chi connectivity index (χ3v) is 5.31. The molecule has 0 spiro atoms. The zero-order chi connectivity index (χ0) is 22.5. The summed E-state index contributed by atoms with van der Waals surface area (Å²) < 4.78 is 17.5. The number of pyridine rings is 2. The molecule has 0 unspecified atom stereocenters. The molecule has 166 valence electrons. The van der Waals surface area contributed by atoms with Crippen molar-refractivity contribution < 1.29 is 19.0 Å². The first-order valence-corrected chi connectivity index (χ1v) is 10.3. The summed E-state index contributed by atoms with van der Waals surface area (Å²) in [6.45, 7) is 3.27. The first kappa shape index (κ1) is 21.6. The SMILES string of the molecule is COCCN(Cc1ccccn1)C(=O)c1c(C)ccn(Cc2ccc3c(c2)OCO3)c1=O. The van der Waals surface area contributed by atoms with E-state index < -0.39 is 0 Å². The largest absolute Gasteiger partial charge is 0.454 e. The average molecular weight is 435 g/mol. The van der Waals surface area contributed by atoms with Gasteiger partial charge in [-0.15, -0.1) is 0 Å². The van der Waals surface area contributed by atoms with Gasteiger partial charge < -0.3 is 23.7 Å². The van der Waals surface area contributed by atoms with Crippen LogP contribution >= 0.6 is 0 Å². The summed E-state index contributed by atoms with van der Waals surface area (Å²) in [5, 5.41) is 0. The van der Waals surface area contributed by atoms with Crippen molar-refractivity contribution in [3.05, 3.63) is 87.6 Å². The van der Waals surface area contributed by atoms with E-state index in [4.69, 9.17) is 14.2 Å². The van der Waals surface area contributed by atoms with Gasteiger partial charge in [0.2, 0.25) is 6.79 Å². The summed E-state index contributed by atoms with van der Waals surface area (Å²) in [5.41, 5.74) is 2.07. The van der Waals surface area contributed by atoms with Gasteiger partial charge in [0.1, 0.15) is 5.56 Å². The minimum atomic E-state index is -0.338.